The maximum atomic E-state index is 13.2. The zero-order valence-corrected chi connectivity index (χ0v) is 12.3. The molecule has 0 spiro atoms. The molecule has 20 heavy (non-hydrogen) atoms. The van der Waals surface area contributed by atoms with E-state index in [-0.39, 0.29) is 10.6 Å². The highest BCUT2D eigenvalue weighted by Crippen LogP contribution is 2.26. The lowest BCUT2D eigenvalue weighted by atomic mass is 10.1. The summed E-state index contributed by atoms with van der Waals surface area (Å²) in [6.45, 7) is 5.24. The van der Waals surface area contributed by atoms with E-state index < -0.39 is 15.9 Å². The lowest BCUT2D eigenvalue weighted by Gasteiger charge is -2.12. The minimum atomic E-state index is -4.05. The Morgan fingerprint density at radius 1 is 1.00 bits per heavy atom. The van der Waals surface area contributed by atoms with Crippen molar-refractivity contribution in [3.63, 3.8) is 0 Å². The van der Waals surface area contributed by atoms with Crippen molar-refractivity contribution in [3.05, 3.63) is 58.9 Å². The van der Waals surface area contributed by atoms with Crippen LogP contribution in [0.1, 0.15) is 16.7 Å². The van der Waals surface area contributed by atoms with Crippen molar-refractivity contribution in [2.75, 3.05) is 0 Å². The molecule has 2 rings (SSSR count). The summed E-state index contributed by atoms with van der Waals surface area (Å²) in [4.78, 5) is -0.154. The number of hydrogen-bond donors (Lipinski definition) is 0. The van der Waals surface area contributed by atoms with Gasteiger partial charge in [0.25, 0.3) is 0 Å². The third-order valence-electron chi connectivity index (χ3n) is 3.17. The molecule has 0 fully saturated rings. The van der Waals surface area contributed by atoms with Gasteiger partial charge in [-0.3, -0.25) is 0 Å². The van der Waals surface area contributed by atoms with Crippen molar-refractivity contribution < 1.29 is 17.0 Å². The van der Waals surface area contributed by atoms with Gasteiger partial charge in [-0.25, -0.2) is 4.39 Å². The van der Waals surface area contributed by atoms with Crippen LogP contribution in [0.15, 0.2) is 41.3 Å². The van der Waals surface area contributed by atoms with Crippen LogP contribution >= 0.6 is 0 Å². The lowest BCUT2D eigenvalue weighted by molar-refractivity contribution is 0.482. The van der Waals surface area contributed by atoms with E-state index in [4.69, 9.17) is 4.18 Å². The molecule has 2 aromatic carbocycles. The smallest absolute Gasteiger partial charge is 0.339 e. The van der Waals surface area contributed by atoms with Crippen LogP contribution in [0, 0.1) is 26.6 Å². The quantitative estimate of drug-likeness (QED) is 0.813. The molecule has 0 bridgehead atoms. The summed E-state index contributed by atoms with van der Waals surface area (Å²) in [6.07, 6.45) is 0. The van der Waals surface area contributed by atoms with Crippen LogP contribution in [-0.4, -0.2) is 8.42 Å². The molecular weight excluding hydrogens is 279 g/mol. The first-order chi connectivity index (χ1) is 9.31. The Balaban J connectivity index is 2.46. The van der Waals surface area contributed by atoms with E-state index >= 15 is 0 Å². The molecule has 5 heteroatoms. The van der Waals surface area contributed by atoms with Crippen molar-refractivity contribution in [2.24, 2.45) is 0 Å². The van der Waals surface area contributed by atoms with Crippen LogP contribution in [-0.2, 0) is 10.1 Å². The van der Waals surface area contributed by atoms with Gasteiger partial charge in [-0.15, -0.1) is 0 Å². The topological polar surface area (TPSA) is 43.4 Å². The van der Waals surface area contributed by atoms with E-state index in [2.05, 4.69) is 0 Å². The third-order valence-corrected chi connectivity index (χ3v) is 4.55. The Labute approximate surface area is 118 Å². The second-order valence-electron chi connectivity index (χ2n) is 4.65. The van der Waals surface area contributed by atoms with Gasteiger partial charge in [0.2, 0.25) is 0 Å². The number of hydrogen-bond acceptors (Lipinski definition) is 3. The molecule has 0 aromatic heterocycles. The van der Waals surface area contributed by atoms with Crippen LogP contribution in [0.5, 0.6) is 5.75 Å². The first kappa shape index (κ1) is 14.5. The van der Waals surface area contributed by atoms with Gasteiger partial charge in [-0.05, 0) is 55.7 Å². The molecule has 0 aliphatic heterocycles. The minimum Gasteiger partial charge on any atom is -0.379 e. The molecular formula is C15H15FO3S. The molecule has 0 saturated heterocycles. The summed E-state index contributed by atoms with van der Waals surface area (Å²) >= 11 is 0. The van der Waals surface area contributed by atoms with Gasteiger partial charge in [0.1, 0.15) is 16.5 Å². The molecule has 2 aromatic rings. The van der Waals surface area contributed by atoms with Gasteiger partial charge >= 0.3 is 10.1 Å². The average Bonchev–Trinajstić information content (AvgIpc) is 2.37. The molecule has 0 amide bonds. The fraction of sp³-hybridized carbons (Fsp3) is 0.200. The molecule has 0 unspecified atom stereocenters. The van der Waals surface area contributed by atoms with E-state index in [0.717, 1.165) is 17.2 Å². The van der Waals surface area contributed by atoms with E-state index in [0.29, 0.717) is 5.56 Å². The number of rotatable bonds is 3. The molecule has 0 N–H and O–H groups in total. The van der Waals surface area contributed by atoms with Crippen molar-refractivity contribution in [1.82, 2.24) is 0 Å². The number of halogens is 1. The summed E-state index contributed by atoms with van der Waals surface area (Å²) in [6, 6.07) is 8.75. The first-order valence-corrected chi connectivity index (χ1v) is 7.49. The van der Waals surface area contributed by atoms with Gasteiger partial charge in [-0.2, -0.15) is 8.42 Å². The van der Waals surface area contributed by atoms with E-state index in [1.807, 2.05) is 13.0 Å². The van der Waals surface area contributed by atoms with Gasteiger partial charge in [0, 0.05) is 0 Å². The average molecular weight is 294 g/mol. The largest absolute Gasteiger partial charge is 0.379 e. The fourth-order valence-electron chi connectivity index (χ4n) is 1.82. The monoisotopic (exact) mass is 294 g/mol. The maximum Gasteiger partial charge on any atom is 0.339 e. The summed E-state index contributed by atoms with van der Waals surface area (Å²) in [5.74, 6) is -0.354. The fourth-order valence-corrected chi connectivity index (χ4v) is 3.05. The molecule has 106 valence electrons. The Morgan fingerprint density at radius 2 is 1.70 bits per heavy atom. The lowest BCUT2D eigenvalue weighted by Crippen LogP contribution is -2.12. The zero-order chi connectivity index (χ0) is 14.9. The molecule has 0 aliphatic carbocycles. The maximum absolute atomic E-state index is 13.2. The van der Waals surface area contributed by atoms with E-state index in [9.17, 15) is 12.8 Å². The van der Waals surface area contributed by atoms with Crippen LogP contribution in [0.4, 0.5) is 4.39 Å². The van der Waals surface area contributed by atoms with Crippen molar-refractivity contribution >= 4 is 10.1 Å². The molecule has 0 radical (unpaired) electrons. The summed E-state index contributed by atoms with van der Waals surface area (Å²) in [5.41, 5.74) is 2.11. The second kappa shape index (κ2) is 5.25. The predicted octanol–water partition coefficient (Wildman–Crippen LogP) is 3.52. The van der Waals surface area contributed by atoms with Crippen LogP contribution in [0.25, 0.3) is 0 Å². The minimum absolute atomic E-state index is 0.154. The summed E-state index contributed by atoms with van der Waals surface area (Å²) in [7, 11) is -4.05. The van der Waals surface area contributed by atoms with Gasteiger partial charge < -0.3 is 4.18 Å². The molecule has 3 nitrogen and oxygen atoms in total. The standard InChI is InChI=1S/C15H15FO3S/c1-10-5-4-6-14(12(10)3)19-20(17,18)15-9-13(16)8-7-11(15)2/h4-9H,1-3H3. The van der Waals surface area contributed by atoms with Crippen LogP contribution in [0.2, 0.25) is 0 Å². The van der Waals surface area contributed by atoms with E-state index in [1.54, 1.807) is 26.0 Å². The Morgan fingerprint density at radius 3 is 2.40 bits per heavy atom. The zero-order valence-electron chi connectivity index (χ0n) is 11.5. The summed E-state index contributed by atoms with van der Waals surface area (Å²) < 4.78 is 42.9. The van der Waals surface area contributed by atoms with Crippen LogP contribution in [0.3, 0.4) is 0 Å². The SMILES string of the molecule is Cc1ccc(F)cc1S(=O)(=O)Oc1cccc(C)c1C. The van der Waals surface area contributed by atoms with Crippen LogP contribution < -0.4 is 4.18 Å². The molecule has 0 aliphatic rings. The van der Waals surface area contributed by atoms with Gasteiger partial charge in [-0.1, -0.05) is 18.2 Å². The predicted molar refractivity (Wildman–Crippen MR) is 74.9 cm³/mol. The molecule has 0 saturated carbocycles. The van der Waals surface area contributed by atoms with Crippen molar-refractivity contribution in [3.8, 4) is 5.75 Å². The molecule has 0 atom stereocenters. The Hall–Kier alpha value is -1.88. The highest BCUT2D eigenvalue weighted by atomic mass is 32.2. The van der Waals surface area contributed by atoms with Gasteiger partial charge in [0.15, 0.2) is 0 Å². The van der Waals surface area contributed by atoms with E-state index in [1.165, 1.54) is 12.1 Å². The highest BCUT2D eigenvalue weighted by molar-refractivity contribution is 7.87. The second-order valence-corrected chi connectivity index (χ2v) is 6.16. The Bertz CT molecular complexity index is 752. The Kier molecular flexibility index (Phi) is 3.81. The van der Waals surface area contributed by atoms with Gasteiger partial charge in [0.05, 0.1) is 0 Å². The normalized spacial score (nSPS) is 11.4. The summed E-state index contributed by atoms with van der Waals surface area (Å²) in [5, 5.41) is 0. The first-order valence-electron chi connectivity index (χ1n) is 6.08. The highest BCUT2D eigenvalue weighted by Gasteiger charge is 2.21. The van der Waals surface area contributed by atoms with Crippen molar-refractivity contribution in [2.45, 2.75) is 25.7 Å². The van der Waals surface area contributed by atoms with Crippen molar-refractivity contribution in [1.29, 1.82) is 0 Å². The molecule has 0 heterocycles. The third kappa shape index (κ3) is 2.82. The number of aryl methyl sites for hydroxylation is 2. The number of benzene rings is 2.